The number of aliphatic hydroxyl groups excluding tert-OH is 1. The molecule has 1 aromatic heterocycles. The Morgan fingerprint density at radius 2 is 2.60 bits per heavy atom. The Morgan fingerprint density at radius 1 is 1.70 bits per heavy atom. The number of aliphatic hydroxyl groups is 1. The minimum Gasteiger partial charge on any atom is -0.396 e. The Bertz CT molecular complexity index is 166. The molecule has 0 saturated heterocycles. The normalized spacial score (nSPS) is 10.1. The monoisotopic (exact) mass is 160 g/mol. The molecular formula is C5H8N2O2S. The molecule has 1 aromatic rings. The van der Waals surface area contributed by atoms with E-state index in [1.807, 2.05) is 0 Å². The highest BCUT2D eigenvalue weighted by molar-refractivity contribution is 7.98. The van der Waals surface area contributed by atoms with Gasteiger partial charge in [0, 0.05) is 5.75 Å². The topological polar surface area (TPSA) is 59.2 Å². The average Bonchev–Trinajstić information content (AvgIpc) is 2.41. The van der Waals surface area contributed by atoms with Crippen LogP contribution in [-0.2, 0) is 5.75 Å². The number of aromatic nitrogens is 2. The van der Waals surface area contributed by atoms with Crippen LogP contribution in [0.1, 0.15) is 5.89 Å². The zero-order valence-electron chi connectivity index (χ0n) is 5.36. The third-order valence-electron chi connectivity index (χ3n) is 0.868. The molecule has 10 heavy (non-hydrogen) atoms. The van der Waals surface area contributed by atoms with Crippen LogP contribution in [0.2, 0.25) is 0 Å². The Balaban J connectivity index is 2.15. The summed E-state index contributed by atoms with van der Waals surface area (Å²) in [6.07, 6.45) is 1.37. The summed E-state index contributed by atoms with van der Waals surface area (Å²) in [6.45, 7) is 0.193. The second-order valence-electron chi connectivity index (χ2n) is 1.61. The van der Waals surface area contributed by atoms with Gasteiger partial charge in [-0.2, -0.15) is 4.98 Å². The third-order valence-corrected chi connectivity index (χ3v) is 1.79. The van der Waals surface area contributed by atoms with Gasteiger partial charge >= 0.3 is 0 Å². The fourth-order valence-electron chi connectivity index (χ4n) is 0.484. The summed E-state index contributed by atoms with van der Waals surface area (Å²) < 4.78 is 4.72. The first kappa shape index (κ1) is 7.56. The molecule has 0 aliphatic carbocycles. The highest BCUT2D eigenvalue weighted by atomic mass is 32.2. The second kappa shape index (κ2) is 4.29. The lowest BCUT2D eigenvalue weighted by molar-refractivity contribution is 0.322. The van der Waals surface area contributed by atoms with Gasteiger partial charge in [-0.3, -0.25) is 0 Å². The fraction of sp³-hybridized carbons (Fsp3) is 0.600. The van der Waals surface area contributed by atoms with Crippen molar-refractivity contribution in [3.05, 3.63) is 12.2 Å². The first-order valence-corrected chi connectivity index (χ1v) is 4.03. The predicted molar refractivity (Wildman–Crippen MR) is 37.5 cm³/mol. The molecule has 0 bridgehead atoms. The Morgan fingerprint density at radius 3 is 3.20 bits per heavy atom. The molecule has 0 fully saturated rings. The number of nitrogens with zero attached hydrogens (tertiary/aromatic N) is 2. The van der Waals surface area contributed by atoms with Crippen LogP contribution in [0.5, 0.6) is 0 Å². The maximum absolute atomic E-state index is 8.41. The molecule has 0 aromatic carbocycles. The number of hydrogen-bond acceptors (Lipinski definition) is 5. The second-order valence-corrected chi connectivity index (χ2v) is 2.72. The summed E-state index contributed by atoms with van der Waals surface area (Å²) in [6, 6.07) is 0. The number of hydrogen-bond donors (Lipinski definition) is 1. The Labute approximate surface area is 62.6 Å². The maximum atomic E-state index is 8.41. The standard InChI is InChI=1S/C5H8N2O2S/c8-1-2-10-3-5-6-4-7-9-5/h4,8H,1-3H2. The summed E-state index contributed by atoms with van der Waals surface area (Å²) >= 11 is 1.56. The van der Waals surface area contributed by atoms with Gasteiger partial charge in [0.05, 0.1) is 12.4 Å². The smallest absolute Gasteiger partial charge is 0.236 e. The van der Waals surface area contributed by atoms with Gasteiger partial charge in [0.15, 0.2) is 6.33 Å². The van der Waals surface area contributed by atoms with Crippen molar-refractivity contribution in [2.75, 3.05) is 12.4 Å². The molecule has 0 spiro atoms. The number of rotatable bonds is 4. The largest absolute Gasteiger partial charge is 0.396 e. The van der Waals surface area contributed by atoms with Crippen molar-refractivity contribution >= 4 is 11.8 Å². The number of thioether (sulfide) groups is 1. The summed E-state index contributed by atoms with van der Waals surface area (Å²) in [4.78, 5) is 3.81. The zero-order valence-corrected chi connectivity index (χ0v) is 6.17. The van der Waals surface area contributed by atoms with E-state index in [1.165, 1.54) is 6.33 Å². The van der Waals surface area contributed by atoms with Gasteiger partial charge in [0.2, 0.25) is 5.89 Å². The highest BCUT2D eigenvalue weighted by Gasteiger charge is 1.96. The van der Waals surface area contributed by atoms with Gasteiger partial charge in [-0.1, -0.05) is 5.16 Å². The fourth-order valence-corrected chi connectivity index (χ4v) is 1.06. The lowest BCUT2D eigenvalue weighted by atomic mass is 10.8. The van der Waals surface area contributed by atoms with Crippen molar-refractivity contribution in [1.29, 1.82) is 0 Å². The quantitative estimate of drug-likeness (QED) is 0.642. The summed E-state index contributed by atoms with van der Waals surface area (Å²) in [5, 5.41) is 11.8. The van der Waals surface area contributed by atoms with Crippen molar-refractivity contribution < 1.29 is 9.63 Å². The van der Waals surface area contributed by atoms with Crippen LogP contribution in [0.25, 0.3) is 0 Å². The average molecular weight is 160 g/mol. The molecule has 0 amide bonds. The van der Waals surface area contributed by atoms with Crippen LogP contribution in [-0.4, -0.2) is 27.6 Å². The third kappa shape index (κ3) is 2.36. The molecule has 56 valence electrons. The lowest BCUT2D eigenvalue weighted by Gasteiger charge is -1.90. The molecule has 4 nitrogen and oxygen atoms in total. The van der Waals surface area contributed by atoms with Crippen LogP contribution in [0.4, 0.5) is 0 Å². The molecule has 0 atom stereocenters. The van der Waals surface area contributed by atoms with Crippen molar-refractivity contribution in [1.82, 2.24) is 10.1 Å². The molecule has 5 heteroatoms. The van der Waals surface area contributed by atoms with E-state index >= 15 is 0 Å². The SMILES string of the molecule is OCCSCc1ncno1. The summed E-state index contributed by atoms with van der Waals surface area (Å²) in [7, 11) is 0. The van der Waals surface area contributed by atoms with E-state index < -0.39 is 0 Å². The zero-order chi connectivity index (χ0) is 7.23. The molecule has 0 saturated carbocycles. The van der Waals surface area contributed by atoms with E-state index in [0.29, 0.717) is 17.4 Å². The van der Waals surface area contributed by atoms with Gasteiger partial charge in [0.1, 0.15) is 0 Å². The summed E-state index contributed by atoms with van der Waals surface area (Å²) in [5.74, 6) is 2.00. The summed E-state index contributed by atoms with van der Waals surface area (Å²) in [5.41, 5.74) is 0. The van der Waals surface area contributed by atoms with Crippen molar-refractivity contribution in [2.24, 2.45) is 0 Å². The van der Waals surface area contributed by atoms with Crippen LogP contribution in [0, 0.1) is 0 Å². The van der Waals surface area contributed by atoms with Crippen molar-refractivity contribution in [2.45, 2.75) is 5.75 Å². The van der Waals surface area contributed by atoms with E-state index in [9.17, 15) is 0 Å². The van der Waals surface area contributed by atoms with Gasteiger partial charge < -0.3 is 9.63 Å². The van der Waals surface area contributed by atoms with E-state index in [-0.39, 0.29) is 6.61 Å². The minimum absolute atomic E-state index is 0.193. The van der Waals surface area contributed by atoms with E-state index in [2.05, 4.69) is 10.1 Å². The van der Waals surface area contributed by atoms with Gasteiger partial charge in [-0.25, -0.2) is 0 Å². The van der Waals surface area contributed by atoms with Crippen molar-refractivity contribution in [3.63, 3.8) is 0 Å². The first-order valence-electron chi connectivity index (χ1n) is 2.87. The van der Waals surface area contributed by atoms with Crippen LogP contribution in [0.15, 0.2) is 10.9 Å². The van der Waals surface area contributed by atoms with Crippen molar-refractivity contribution in [3.8, 4) is 0 Å². The Hall–Kier alpha value is -0.550. The van der Waals surface area contributed by atoms with Gasteiger partial charge in [0.25, 0.3) is 0 Å². The Kier molecular flexibility index (Phi) is 3.25. The molecule has 0 radical (unpaired) electrons. The van der Waals surface area contributed by atoms with E-state index in [0.717, 1.165) is 0 Å². The first-order chi connectivity index (χ1) is 4.93. The van der Waals surface area contributed by atoms with E-state index in [1.54, 1.807) is 11.8 Å². The predicted octanol–water partition coefficient (Wildman–Crippen LogP) is 0.295. The van der Waals surface area contributed by atoms with Crippen LogP contribution >= 0.6 is 11.8 Å². The maximum Gasteiger partial charge on any atom is 0.236 e. The van der Waals surface area contributed by atoms with E-state index in [4.69, 9.17) is 9.63 Å². The molecule has 0 unspecified atom stereocenters. The van der Waals surface area contributed by atoms with Gasteiger partial charge in [-0.15, -0.1) is 11.8 Å². The lowest BCUT2D eigenvalue weighted by Crippen LogP contribution is -1.87. The molecule has 1 rings (SSSR count). The highest BCUT2D eigenvalue weighted by Crippen LogP contribution is 2.07. The van der Waals surface area contributed by atoms with Gasteiger partial charge in [-0.05, 0) is 0 Å². The van der Waals surface area contributed by atoms with Crippen LogP contribution in [0.3, 0.4) is 0 Å². The minimum atomic E-state index is 0.193. The van der Waals surface area contributed by atoms with Crippen LogP contribution < -0.4 is 0 Å². The molecular weight excluding hydrogens is 152 g/mol. The molecule has 1 N–H and O–H groups in total. The molecule has 1 heterocycles. The molecule has 0 aliphatic rings. The molecule has 0 aliphatic heterocycles.